The summed E-state index contributed by atoms with van der Waals surface area (Å²) < 4.78 is 8.10. The SMILES string of the molecule is Cc1cc(C)cc(Oc2nc3sccn3c2CC(C)N)c1. The maximum absolute atomic E-state index is 6.03. The summed E-state index contributed by atoms with van der Waals surface area (Å²) in [6, 6.07) is 6.24. The molecular formula is C16H19N3OS. The second-order valence-electron chi connectivity index (χ2n) is 5.53. The van der Waals surface area contributed by atoms with Crippen LogP contribution in [0.4, 0.5) is 0 Å². The molecule has 3 aromatic rings. The minimum atomic E-state index is 0.0615. The Morgan fingerprint density at radius 1 is 1.29 bits per heavy atom. The summed E-state index contributed by atoms with van der Waals surface area (Å²) in [5, 5.41) is 2.02. The number of benzene rings is 1. The van der Waals surface area contributed by atoms with Gasteiger partial charge in [0.25, 0.3) is 0 Å². The number of aryl methyl sites for hydroxylation is 2. The zero-order chi connectivity index (χ0) is 15.0. The van der Waals surface area contributed by atoms with E-state index in [1.165, 1.54) is 11.1 Å². The van der Waals surface area contributed by atoms with Gasteiger partial charge in [0.15, 0.2) is 4.96 Å². The summed E-state index contributed by atoms with van der Waals surface area (Å²) in [7, 11) is 0. The van der Waals surface area contributed by atoms with Crippen molar-refractivity contribution >= 4 is 16.3 Å². The highest BCUT2D eigenvalue weighted by Gasteiger charge is 2.16. The van der Waals surface area contributed by atoms with E-state index in [2.05, 4.69) is 29.3 Å². The fourth-order valence-corrected chi connectivity index (χ4v) is 3.21. The predicted octanol–water partition coefficient (Wildman–Crippen LogP) is 3.69. The van der Waals surface area contributed by atoms with Gasteiger partial charge in [-0.25, -0.2) is 0 Å². The van der Waals surface area contributed by atoms with Gasteiger partial charge < -0.3 is 10.5 Å². The molecule has 2 heterocycles. The third-order valence-electron chi connectivity index (χ3n) is 3.25. The van der Waals surface area contributed by atoms with Crippen molar-refractivity contribution in [1.29, 1.82) is 0 Å². The molecule has 0 aliphatic carbocycles. The number of hydrogen-bond donors (Lipinski definition) is 1. The topological polar surface area (TPSA) is 52.5 Å². The maximum Gasteiger partial charge on any atom is 0.242 e. The first kappa shape index (κ1) is 14.1. The number of rotatable bonds is 4. The molecule has 0 bridgehead atoms. The minimum Gasteiger partial charge on any atom is -0.437 e. The van der Waals surface area contributed by atoms with Gasteiger partial charge in [-0.1, -0.05) is 6.07 Å². The van der Waals surface area contributed by atoms with Crippen LogP contribution in [-0.4, -0.2) is 15.4 Å². The van der Waals surface area contributed by atoms with Gasteiger partial charge in [0.2, 0.25) is 5.88 Å². The maximum atomic E-state index is 6.03. The number of aromatic nitrogens is 2. The van der Waals surface area contributed by atoms with Crippen LogP contribution < -0.4 is 10.5 Å². The lowest BCUT2D eigenvalue weighted by Gasteiger charge is -2.09. The van der Waals surface area contributed by atoms with Gasteiger partial charge in [0.05, 0.1) is 5.69 Å². The number of ether oxygens (including phenoxy) is 1. The van der Waals surface area contributed by atoms with Crippen molar-refractivity contribution < 1.29 is 4.74 Å². The molecule has 2 N–H and O–H groups in total. The van der Waals surface area contributed by atoms with E-state index in [1.54, 1.807) is 11.3 Å². The average Bonchev–Trinajstić information content (AvgIpc) is 2.91. The van der Waals surface area contributed by atoms with Crippen LogP contribution in [0.25, 0.3) is 4.96 Å². The van der Waals surface area contributed by atoms with Gasteiger partial charge in [-0.3, -0.25) is 4.40 Å². The Hall–Kier alpha value is -1.85. The number of nitrogens with two attached hydrogens (primary N) is 1. The van der Waals surface area contributed by atoms with E-state index in [0.717, 1.165) is 22.8 Å². The van der Waals surface area contributed by atoms with Crippen LogP contribution in [0.3, 0.4) is 0 Å². The van der Waals surface area contributed by atoms with Crippen molar-refractivity contribution in [2.45, 2.75) is 33.2 Å². The average molecular weight is 301 g/mol. The van der Waals surface area contributed by atoms with E-state index >= 15 is 0 Å². The largest absolute Gasteiger partial charge is 0.437 e. The Labute approximate surface area is 128 Å². The summed E-state index contributed by atoms with van der Waals surface area (Å²) in [5.74, 6) is 1.48. The van der Waals surface area contributed by atoms with Gasteiger partial charge in [-0.2, -0.15) is 4.98 Å². The molecule has 110 valence electrons. The molecule has 0 amide bonds. The normalized spacial score (nSPS) is 12.8. The first-order valence-corrected chi connectivity index (χ1v) is 7.87. The first-order valence-electron chi connectivity index (χ1n) is 6.99. The van der Waals surface area contributed by atoms with Crippen molar-refractivity contribution in [3.63, 3.8) is 0 Å². The van der Waals surface area contributed by atoms with Crippen LogP contribution in [0.5, 0.6) is 11.6 Å². The predicted molar refractivity (Wildman–Crippen MR) is 86.4 cm³/mol. The Kier molecular flexibility index (Phi) is 3.69. The lowest BCUT2D eigenvalue weighted by atomic mass is 10.1. The van der Waals surface area contributed by atoms with Crippen molar-refractivity contribution in [2.24, 2.45) is 5.73 Å². The summed E-state index contributed by atoms with van der Waals surface area (Å²) in [6.07, 6.45) is 2.75. The molecule has 0 saturated carbocycles. The molecule has 4 nitrogen and oxygen atoms in total. The van der Waals surface area contributed by atoms with Gasteiger partial charge in [0, 0.05) is 24.0 Å². The lowest BCUT2D eigenvalue weighted by molar-refractivity contribution is 0.456. The Balaban J connectivity index is 2.00. The summed E-state index contributed by atoms with van der Waals surface area (Å²) in [5.41, 5.74) is 9.35. The third-order valence-corrected chi connectivity index (χ3v) is 4.01. The Bertz CT molecular complexity index is 753. The van der Waals surface area contributed by atoms with E-state index < -0.39 is 0 Å². The van der Waals surface area contributed by atoms with Crippen LogP contribution in [-0.2, 0) is 6.42 Å². The van der Waals surface area contributed by atoms with E-state index in [4.69, 9.17) is 10.5 Å². The molecule has 0 aliphatic rings. The number of thiazole rings is 1. The van der Waals surface area contributed by atoms with E-state index in [1.807, 2.05) is 30.6 Å². The Morgan fingerprint density at radius 3 is 2.67 bits per heavy atom. The fourth-order valence-electron chi connectivity index (χ4n) is 2.49. The van der Waals surface area contributed by atoms with Crippen molar-refractivity contribution in [1.82, 2.24) is 9.38 Å². The second kappa shape index (κ2) is 5.50. The van der Waals surface area contributed by atoms with Crippen LogP contribution >= 0.6 is 11.3 Å². The highest BCUT2D eigenvalue weighted by atomic mass is 32.1. The fraction of sp³-hybridized carbons (Fsp3) is 0.312. The van der Waals surface area contributed by atoms with Crippen LogP contribution in [0.15, 0.2) is 29.8 Å². The quantitative estimate of drug-likeness (QED) is 0.799. The summed E-state index contributed by atoms with van der Waals surface area (Å²) in [6.45, 7) is 6.12. The molecule has 0 saturated heterocycles. The zero-order valence-electron chi connectivity index (χ0n) is 12.5. The van der Waals surface area contributed by atoms with Crippen LogP contribution in [0, 0.1) is 13.8 Å². The first-order chi connectivity index (χ1) is 10.0. The highest BCUT2D eigenvalue weighted by molar-refractivity contribution is 7.15. The van der Waals surface area contributed by atoms with Crippen LogP contribution in [0.1, 0.15) is 23.7 Å². The molecule has 0 aliphatic heterocycles. The van der Waals surface area contributed by atoms with Crippen molar-refractivity contribution in [3.8, 4) is 11.6 Å². The Morgan fingerprint density at radius 2 is 2.00 bits per heavy atom. The van der Waals surface area contributed by atoms with Gasteiger partial charge in [-0.05, 0) is 44.0 Å². The second-order valence-corrected chi connectivity index (χ2v) is 6.40. The number of hydrogen-bond acceptors (Lipinski definition) is 4. The van der Waals surface area contributed by atoms with Crippen molar-refractivity contribution in [2.75, 3.05) is 0 Å². The molecule has 0 fully saturated rings. The smallest absolute Gasteiger partial charge is 0.242 e. The molecule has 1 aromatic carbocycles. The number of fused-ring (bicyclic) bond motifs is 1. The molecule has 0 radical (unpaired) electrons. The number of imidazole rings is 1. The van der Waals surface area contributed by atoms with E-state index in [9.17, 15) is 0 Å². The minimum absolute atomic E-state index is 0.0615. The van der Waals surface area contributed by atoms with Crippen LogP contribution in [0.2, 0.25) is 0 Å². The van der Waals surface area contributed by atoms with Gasteiger partial charge in [-0.15, -0.1) is 11.3 Å². The van der Waals surface area contributed by atoms with Crippen molar-refractivity contribution in [3.05, 3.63) is 46.6 Å². The molecule has 2 aromatic heterocycles. The third kappa shape index (κ3) is 2.94. The number of nitrogens with zero attached hydrogens (tertiary/aromatic N) is 2. The molecule has 1 atom stereocenters. The summed E-state index contributed by atoms with van der Waals surface area (Å²) in [4.78, 5) is 5.52. The molecule has 1 unspecified atom stereocenters. The zero-order valence-corrected chi connectivity index (χ0v) is 13.3. The monoisotopic (exact) mass is 301 g/mol. The molecule has 0 spiro atoms. The molecular weight excluding hydrogens is 282 g/mol. The van der Waals surface area contributed by atoms with E-state index in [0.29, 0.717) is 5.88 Å². The van der Waals surface area contributed by atoms with E-state index in [-0.39, 0.29) is 6.04 Å². The lowest BCUT2D eigenvalue weighted by Crippen LogP contribution is -2.19. The molecule has 3 rings (SSSR count). The molecule has 5 heteroatoms. The summed E-state index contributed by atoms with van der Waals surface area (Å²) >= 11 is 1.60. The highest BCUT2D eigenvalue weighted by Crippen LogP contribution is 2.29. The van der Waals surface area contributed by atoms with Gasteiger partial charge >= 0.3 is 0 Å². The molecule has 21 heavy (non-hydrogen) atoms. The standard InChI is InChI=1S/C16H19N3OS/c1-10-6-11(2)8-13(7-10)20-15-14(9-12(3)17)19-4-5-21-16(19)18-15/h4-8,12H,9,17H2,1-3H3. The van der Waals surface area contributed by atoms with Gasteiger partial charge in [0.1, 0.15) is 5.75 Å².